The summed E-state index contributed by atoms with van der Waals surface area (Å²) in [5.74, 6) is 1.77. The molecule has 6 heteroatoms. The number of aryl methyl sites for hydroxylation is 1. The highest BCUT2D eigenvalue weighted by molar-refractivity contribution is 6.30. The number of nitrogens with one attached hydrogen (secondary N) is 1. The number of halogens is 1. The molecule has 0 aliphatic heterocycles. The summed E-state index contributed by atoms with van der Waals surface area (Å²) in [5.41, 5.74) is 5.35. The van der Waals surface area contributed by atoms with Crippen molar-refractivity contribution in [3.63, 3.8) is 0 Å². The highest BCUT2D eigenvalue weighted by Gasteiger charge is 2.08. The van der Waals surface area contributed by atoms with Crippen LogP contribution in [0.2, 0.25) is 5.02 Å². The van der Waals surface area contributed by atoms with Crippen LogP contribution in [-0.4, -0.2) is 19.2 Å². The fraction of sp³-hybridized carbons (Fsp3) is 0.143. The zero-order chi connectivity index (χ0) is 19.2. The van der Waals surface area contributed by atoms with E-state index in [0.717, 1.165) is 22.4 Å². The van der Waals surface area contributed by atoms with Gasteiger partial charge < -0.3 is 9.15 Å². The number of hydrazone groups is 1. The molecule has 2 aromatic carbocycles. The van der Waals surface area contributed by atoms with E-state index in [4.69, 9.17) is 20.8 Å². The van der Waals surface area contributed by atoms with E-state index >= 15 is 0 Å². The molecule has 0 spiro atoms. The maximum absolute atomic E-state index is 12.0. The Morgan fingerprint density at radius 3 is 2.70 bits per heavy atom. The first-order valence-corrected chi connectivity index (χ1v) is 8.74. The van der Waals surface area contributed by atoms with Crippen LogP contribution >= 0.6 is 11.6 Å². The van der Waals surface area contributed by atoms with Gasteiger partial charge in [-0.25, -0.2) is 5.43 Å². The monoisotopic (exact) mass is 382 g/mol. The molecule has 0 bridgehead atoms. The van der Waals surface area contributed by atoms with Gasteiger partial charge in [-0.2, -0.15) is 5.10 Å². The lowest BCUT2D eigenvalue weighted by atomic mass is 10.1. The zero-order valence-electron chi connectivity index (χ0n) is 15.0. The fourth-order valence-electron chi connectivity index (χ4n) is 2.56. The van der Waals surface area contributed by atoms with Gasteiger partial charge in [0.1, 0.15) is 17.3 Å². The smallest absolute Gasteiger partial charge is 0.244 e. The Kier molecular flexibility index (Phi) is 5.94. The molecule has 0 unspecified atom stereocenters. The number of methoxy groups -OCH3 is 1. The van der Waals surface area contributed by atoms with Gasteiger partial charge in [-0.05, 0) is 54.4 Å². The second kappa shape index (κ2) is 8.56. The minimum absolute atomic E-state index is 0.214. The van der Waals surface area contributed by atoms with Crippen molar-refractivity contribution in [2.75, 3.05) is 7.11 Å². The third-order valence-corrected chi connectivity index (χ3v) is 4.23. The van der Waals surface area contributed by atoms with Gasteiger partial charge >= 0.3 is 0 Å². The highest BCUT2D eigenvalue weighted by Crippen LogP contribution is 2.27. The third-order valence-electron chi connectivity index (χ3n) is 4.00. The van der Waals surface area contributed by atoms with Crippen LogP contribution in [0.4, 0.5) is 0 Å². The average molecular weight is 383 g/mol. The lowest BCUT2D eigenvalue weighted by Crippen LogP contribution is -2.19. The summed E-state index contributed by atoms with van der Waals surface area (Å²) in [6.45, 7) is 1.99. The van der Waals surface area contributed by atoms with E-state index < -0.39 is 0 Å². The molecule has 27 heavy (non-hydrogen) atoms. The van der Waals surface area contributed by atoms with Crippen LogP contribution in [0.15, 0.2) is 64.1 Å². The van der Waals surface area contributed by atoms with Crippen molar-refractivity contribution in [1.29, 1.82) is 0 Å². The SMILES string of the molecule is COc1ccc(CC(=O)NN=Cc2ccc(-c3cc(Cl)ccc3C)o2)cc1. The predicted molar refractivity (Wildman–Crippen MR) is 106 cm³/mol. The van der Waals surface area contributed by atoms with E-state index in [0.29, 0.717) is 16.5 Å². The van der Waals surface area contributed by atoms with Crippen LogP contribution in [0.5, 0.6) is 5.75 Å². The van der Waals surface area contributed by atoms with Gasteiger partial charge in [0.2, 0.25) is 5.91 Å². The molecular weight excluding hydrogens is 364 g/mol. The van der Waals surface area contributed by atoms with Crippen LogP contribution in [-0.2, 0) is 11.2 Å². The van der Waals surface area contributed by atoms with Gasteiger partial charge in [-0.15, -0.1) is 0 Å². The standard InChI is InChI=1S/C21H19ClN2O3/c1-14-3-6-16(22)12-19(14)20-10-9-18(27-20)13-23-24-21(25)11-15-4-7-17(26-2)8-5-15/h3-10,12-13H,11H2,1-2H3,(H,24,25). The van der Waals surface area contributed by atoms with Crippen molar-refractivity contribution in [3.8, 4) is 17.1 Å². The summed E-state index contributed by atoms with van der Waals surface area (Å²) in [4.78, 5) is 12.0. The van der Waals surface area contributed by atoms with Crippen molar-refractivity contribution < 1.29 is 13.9 Å². The molecule has 3 rings (SSSR count). The summed E-state index contributed by atoms with van der Waals surface area (Å²) in [7, 11) is 1.60. The molecule has 0 saturated carbocycles. The summed E-state index contributed by atoms with van der Waals surface area (Å²) in [6.07, 6.45) is 1.70. The van der Waals surface area contributed by atoms with E-state index in [2.05, 4.69) is 10.5 Å². The van der Waals surface area contributed by atoms with Gasteiger partial charge in [-0.1, -0.05) is 29.8 Å². The number of carbonyl (C=O) groups excluding carboxylic acids is 1. The molecule has 3 aromatic rings. The molecule has 1 N–H and O–H groups in total. The lowest BCUT2D eigenvalue weighted by Gasteiger charge is -2.03. The van der Waals surface area contributed by atoms with Crippen molar-refractivity contribution in [3.05, 3.63) is 76.5 Å². The molecule has 0 aliphatic rings. The number of benzene rings is 2. The van der Waals surface area contributed by atoms with E-state index in [1.807, 2.05) is 55.5 Å². The Morgan fingerprint density at radius 2 is 1.96 bits per heavy atom. The topological polar surface area (TPSA) is 63.8 Å². The number of hydrogen-bond donors (Lipinski definition) is 1. The normalized spacial score (nSPS) is 10.9. The maximum atomic E-state index is 12.0. The number of amides is 1. The molecule has 0 atom stereocenters. The van der Waals surface area contributed by atoms with Gasteiger partial charge in [0.25, 0.3) is 0 Å². The minimum Gasteiger partial charge on any atom is -0.497 e. The second-order valence-electron chi connectivity index (χ2n) is 5.98. The molecule has 5 nitrogen and oxygen atoms in total. The number of ether oxygens (including phenoxy) is 1. The van der Waals surface area contributed by atoms with E-state index in [1.165, 1.54) is 6.21 Å². The van der Waals surface area contributed by atoms with Crippen LogP contribution in [0.3, 0.4) is 0 Å². The van der Waals surface area contributed by atoms with E-state index in [9.17, 15) is 4.79 Å². The average Bonchev–Trinajstić information content (AvgIpc) is 3.13. The van der Waals surface area contributed by atoms with Gasteiger partial charge in [0, 0.05) is 10.6 Å². The molecule has 0 aliphatic carbocycles. The highest BCUT2D eigenvalue weighted by atomic mass is 35.5. The van der Waals surface area contributed by atoms with Crippen LogP contribution in [0.25, 0.3) is 11.3 Å². The Labute approximate surface area is 162 Å². The molecule has 1 aromatic heterocycles. The first-order chi connectivity index (χ1) is 13.0. The molecule has 1 amide bonds. The van der Waals surface area contributed by atoms with Crippen LogP contribution in [0.1, 0.15) is 16.9 Å². The number of hydrogen-bond acceptors (Lipinski definition) is 4. The summed E-state index contributed by atoms with van der Waals surface area (Å²) < 4.78 is 10.9. The van der Waals surface area contributed by atoms with E-state index in [1.54, 1.807) is 13.2 Å². The lowest BCUT2D eigenvalue weighted by molar-refractivity contribution is -0.120. The summed E-state index contributed by atoms with van der Waals surface area (Å²) in [5, 5.41) is 4.60. The molecule has 1 heterocycles. The first-order valence-electron chi connectivity index (χ1n) is 8.36. The number of rotatable bonds is 6. The van der Waals surface area contributed by atoms with Crippen LogP contribution in [0, 0.1) is 6.92 Å². The summed E-state index contributed by atoms with van der Waals surface area (Å²) >= 11 is 6.05. The Morgan fingerprint density at radius 1 is 1.19 bits per heavy atom. The van der Waals surface area contributed by atoms with Gasteiger partial charge in [-0.3, -0.25) is 4.79 Å². The third kappa shape index (κ3) is 4.99. The zero-order valence-corrected chi connectivity index (χ0v) is 15.8. The Bertz CT molecular complexity index is 962. The van der Waals surface area contributed by atoms with Crippen LogP contribution < -0.4 is 10.2 Å². The largest absolute Gasteiger partial charge is 0.497 e. The summed E-state index contributed by atoms with van der Waals surface area (Å²) in [6, 6.07) is 16.6. The quantitative estimate of drug-likeness (QED) is 0.500. The molecule has 0 saturated heterocycles. The fourth-order valence-corrected chi connectivity index (χ4v) is 2.73. The van der Waals surface area contributed by atoms with Crippen molar-refractivity contribution in [2.24, 2.45) is 5.10 Å². The van der Waals surface area contributed by atoms with Crippen molar-refractivity contribution in [1.82, 2.24) is 5.43 Å². The molecule has 0 fully saturated rings. The molecule has 138 valence electrons. The number of furan rings is 1. The molecule has 0 radical (unpaired) electrons. The number of carbonyl (C=O) groups is 1. The van der Waals surface area contributed by atoms with Gasteiger partial charge in [0.05, 0.1) is 19.7 Å². The second-order valence-corrected chi connectivity index (χ2v) is 6.42. The van der Waals surface area contributed by atoms with E-state index in [-0.39, 0.29) is 12.3 Å². The van der Waals surface area contributed by atoms with Crippen molar-refractivity contribution >= 4 is 23.7 Å². The molecular formula is C21H19ClN2O3. The minimum atomic E-state index is -0.214. The van der Waals surface area contributed by atoms with Gasteiger partial charge in [0.15, 0.2) is 0 Å². The first kappa shape index (κ1) is 18.7. The predicted octanol–water partition coefficient (Wildman–Crippen LogP) is 4.61. The maximum Gasteiger partial charge on any atom is 0.244 e. The van der Waals surface area contributed by atoms with Crippen molar-refractivity contribution in [2.45, 2.75) is 13.3 Å². The number of nitrogens with zero attached hydrogens (tertiary/aromatic N) is 1. The Hall–Kier alpha value is -3.05. The Balaban J connectivity index is 1.59.